The Morgan fingerprint density at radius 1 is 1.09 bits per heavy atom. The predicted octanol–water partition coefficient (Wildman–Crippen LogP) is 3.11. The van der Waals surface area contributed by atoms with E-state index in [1.165, 1.54) is 4.90 Å². The van der Waals surface area contributed by atoms with Gasteiger partial charge in [0.15, 0.2) is 0 Å². The molecule has 2 aromatic rings. The molecule has 2 aromatic heterocycles. The predicted molar refractivity (Wildman–Crippen MR) is 177 cm³/mol. The lowest BCUT2D eigenvalue weighted by Gasteiger charge is -2.30. The molecule has 0 bridgehead atoms. The van der Waals surface area contributed by atoms with E-state index >= 15 is 0 Å². The van der Waals surface area contributed by atoms with Crippen LogP contribution in [0.4, 0.5) is 11.5 Å². The standard InChI is InChI=1S/C34H45N7O4/c1-25(2)12-17-41-31(34(44)37(3)23-28-27-10-7-5-6-9-26(27)11-14-36-28)30(38(4)24-42)29(33(43)40-19-21-45-22-20-40)32(41)39-16-8-13-35-15-18-39/h5-7,9,11-12,14,24,35H,8,10,13,15-23H2,1-4H3. The van der Waals surface area contributed by atoms with Gasteiger partial charge in [0.2, 0.25) is 6.41 Å². The van der Waals surface area contributed by atoms with Crippen LogP contribution in [0.15, 0.2) is 42.1 Å². The normalized spacial score (nSPS) is 16.4. The fourth-order valence-corrected chi connectivity index (χ4v) is 6.15. The highest BCUT2D eigenvalue weighted by Gasteiger charge is 2.38. The van der Waals surface area contributed by atoms with Crippen molar-refractivity contribution < 1.29 is 19.1 Å². The van der Waals surface area contributed by atoms with Crippen molar-refractivity contribution >= 4 is 35.8 Å². The lowest BCUT2D eigenvalue weighted by atomic mass is 10.0. The number of anilines is 2. The number of rotatable bonds is 9. The maximum atomic E-state index is 14.7. The first-order valence-corrected chi connectivity index (χ1v) is 15.8. The molecule has 0 saturated carbocycles. The molecule has 240 valence electrons. The zero-order valence-corrected chi connectivity index (χ0v) is 26.9. The van der Waals surface area contributed by atoms with Gasteiger partial charge in [-0.3, -0.25) is 19.4 Å². The molecular weight excluding hydrogens is 570 g/mol. The third kappa shape index (κ3) is 7.04. The van der Waals surface area contributed by atoms with Gasteiger partial charge in [-0.15, -0.1) is 0 Å². The van der Waals surface area contributed by atoms with Crippen molar-refractivity contribution in [3.63, 3.8) is 0 Å². The van der Waals surface area contributed by atoms with E-state index < -0.39 is 0 Å². The number of nitrogens with zero attached hydrogens (tertiary/aromatic N) is 6. The van der Waals surface area contributed by atoms with Crippen molar-refractivity contribution in [1.82, 2.24) is 24.7 Å². The summed E-state index contributed by atoms with van der Waals surface area (Å²) in [6, 6.07) is 1.98. The van der Waals surface area contributed by atoms with Crippen LogP contribution in [0.3, 0.4) is 0 Å². The van der Waals surface area contributed by atoms with Crippen LogP contribution in [0.1, 0.15) is 57.9 Å². The third-order valence-corrected chi connectivity index (χ3v) is 8.52. The van der Waals surface area contributed by atoms with Gasteiger partial charge in [-0.1, -0.05) is 36.0 Å². The summed E-state index contributed by atoms with van der Waals surface area (Å²) in [4.78, 5) is 53.4. The Balaban J connectivity index is 1.68. The number of hydrogen-bond acceptors (Lipinski definition) is 7. The average Bonchev–Trinajstić information content (AvgIpc) is 3.26. The Labute approximate surface area is 265 Å². The molecule has 1 aliphatic carbocycles. The van der Waals surface area contributed by atoms with E-state index in [0.29, 0.717) is 75.1 Å². The summed E-state index contributed by atoms with van der Waals surface area (Å²) >= 11 is 0. The summed E-state index contributed by atoms with van der Waals surface area (Å²) in [6.07, 6.45) is 14.3. The van der Waals surface area contributed by atoms with Gasteiger partial charge in [0.25, 0.3) is 11.8 Å². The zero-order valence-electron chi connectivity index (χ0n) is 26.9. The van der Waals surface area contributed by atoms with Gasteiger partial charge in [-0.2, -0.15) is 0 Å². The van der Waals surface area contributed by atoms with Crippen molar-refractivity contribution in [2.75, 3.05) is 76.4 Å². The summed E-state index contributed by atoms with van der Waals surface area (Å²) in [7, 11) is 3.37. The molecule has 2 fully saturated rings. The Kier molecular flexibility index (Phi) is 10.5. The molecule has 3 amide bonds. The highest BCUT2D eigenvalue weighted by atomic mass is 16.5. The molecule has 1 N–H and O–H groups in total. The zero-order chi connectivity index (χ0) is 31.9. The highest BCUT2D eigenvalue weighted by Crippen LogP contribution is 2.39. The van der Waals surface area contributed by atoms with Gasteiger partial charge in [-0.05, 0) is 50.4 Å². The fraction of sp³-hybridized carbons (Fsp3) is 0.471. The first-order chi connectivity index (χ1) is 21.8. The molecule has 45 heavy (non-hydrogen) atoms. The second kappa shape index (κ2) is 14.7. The number of morpholine rings is 1. The van der Waals surface area contributed by atoms with Crippen LogP contribution in [0.5, 0.6) is 0 Å². The lowest BCUT2D eigenvalue weighted by Crippen LogP contribution is -2.42. The molecule has 0 aromatic carbocycles. The Morgan fingerprint density at radius 3 is 2.64 bits per heavy atom. The van der Waals surface area contributed by atoms with Crippen LogP contribution in [-0.4, -0.2) is 104 Å². The lowest BCUT2D eigenvalue weighted by molar-refractivity contribution is -0.107. The van der Waals surface area contributed by atoms with Crippen LogP contribution in [-0.2, 0) is 29.0 Å². The van der Waals surface area contributed by atoms with E-state index in [4.69, 9.17) is 4.74 Å². The topological polar surface area (TPSA) is 103 Å². The molecule has 0 spiro atoms. The molecule has 3 aliphatic rings. The average molecular weight is 616 g/mol. The summed E-state index contributed by atoms with van der Waals surface area (Å²) < 4.78 is 7.50. The van der Waals surface area contributed by atoms with E-state index in [-0.39, 0.29) is 18.4 Å². The SMILES string of the molecule is CC(C)=CCn1c(C(=O)N(C)Cc2nccc3c2CC=CC=C3)c(N(C)C=O)c(C(=O)N2CCOCC2)c1N1CCCNCC1. The van der Waals surface area contributed by atoms with Crippen LogP contribution < -0.4 is 15.1 Å². The second-order valence-electron chi connectivity index (χ2n) is 12.0. The minimum absolute atomic E-state index is 0.199. The number of aromatic nitrogens is 2. The molecule has 0 radical (unpaired) electrons. The van der Waals surface area contributed by atoms with Gasteiger partial charge in [0, 0.05) is 59.6 Å². The van der Waals surface area contributed by atoms with Crippen molar-refractivity contribution in [1.29, 1.82) is 0 Å². The van der Waals surface area contributed by atoms with E-state index in [9.17, 15) is 14.4 Å². The summed E-state index contributed by atoms with van der Waals surface area (Å²) in [5.41, 5.74) is 5.09. The maximum absolute atomic E-state index is 14.7. The van der Waals surface area contributed by atoms with Crippen LogP contribution >= 0.6 is 0 Å². The van der Waals surface area contributed by atoms with Gasteiger partial charge < -0.3 is 34.2 Å². The van der Waals surface area contributed by atoms with E-state index in [0.717, 1.165) is 48.3 Å². The van der Waals surface area contributed by atoms with Gasteiger partial charge in [-0.25, -0.2) is 0 Å². The minimum atomic E-state index is -0.282. The molecule has 11 heteroatoms. The smallest absolute Gasteiger partial charge is 0.272 e. The van der Waals surface area contributed by atoms with Crippen molar-refractivity contribution in [2.45, 2.75) is 39.8 Å². The molecule has 0 atom stereocenters. The molecule has 2 saturated heterocycles. The van der Waals surface area contributed by atoms with Crippen molar-refractivity contribution in [3.05, 3.63) is 70.2 Å². The third-order valence-electron chi connectivity index (χ3n) is 8.52. The molecule has 11 nitrogen and oxygen atoms in total. The molecule has 2 aliphatic heterocycles. The Hall–Kier alpha value is -4.22. The summed E-state index contributed by atoms with van der Waals surface area (Å²) in [5.74, 6) is 0.195. The van der Waals surface area contributed by atoms with Gasteiger partial charge >= 0.3 is 0 Å². The minimum Gasteiger partial charge on any atom is -0.378 e. The first-order valence-electron chi connectivity index (χ1n) is 15.8. The number of nitrogens with one attached hydrogen (secondary N) is 1. The molecule has 0 unspecified atom stereocenters. The number of amides is 3. The Morgan fingerprint density at radius 2 is 1.89 bits per heavy atom. The Bertz CT molecular complexity index is 1490. The summed E-state index contributed by atoms with van der Waals surface area (Å²) in [6.45, 7) is 9.45. The first kappa shape index (κ1) is 32.2. The number of fused-ring (bicyclic) bond motifs is 1. The monoisotopic (exact) mass is 615 g/mol. The second-order valence-corrected chi connectivity index (χ2v) is 12.0. The van der Waals surface area contributed by atoms with E-state index in [2.05, 4.69) is 33.4 Å². The van der Waals surface area contributed by atoms with Crippen molar-refractivity contribution in [2.24, 2.45) is 0 Å². The van der Waals surface area contributed by atoms with E-state index in [1.54, 1.807) is 30.1 Å². The van der Waals surface area contributed by atoms with Crippen molar-refractivity contribution in [3.8, 4) is 0 Å². The number of allylic oxidation sites excluding steroid dienone is 5. The number of carbonyl (C=O) groups is 3. The van der Waals surface area contributed by atoms with Gasteiger partial charge in [0.1, 0.15) is 17.1 Å². The van der Waals surface area contributed by atoms with E-state index in [1.807, 2.05) is 36.6 Å². The van der Waals surface area contributed by atoms with Crippen LogP contribution in [0, 0.1) is 0 Å². The molecule has 5 rings (SSSR count). The van der Waals surface area contributed by atoms with Gasteiger partial charge in [0.05, 0.1) is 31.1 Å². The molecular formula is C34H45N7O4. The van der Waals surface area contributed by atoms with Crippen LogP contribution in [0.25, 0.3) is 6.08 Å². The fourth-order valence-electron chi connectivity index (χ4n) is 6.15. The number of pyridine rings is 1. The van der Waals surface area contributed by atoms with Crippen LogP contribution in [0.2, 0.25) is 0 Å². The number of hydrogen-bond donors (Lipinski definition) is 1. The maximum Gasteiger partial charge on any atom is 0.272 e. The number of carbonyl (C=O) groups excluding carboxylic acids is 3. The largest absolute Gasteiger partial charge is 0.378 e. The quantitative estimate of drug-likeness (QED) is 0.342. The number of ether oxygens (including phenoxy) is 1. The highest BCUT2D eigenvalue weighted by molar-refractivity contribution is 6.13. The molecule has 4 heterocycles. The summed E-state index contributed by atoms with van der Waals surface area (Å²) in [5, 5.41) is 3.45.